The highest BCUT2D eigenvalue weighted by molar-refractivity contribution is 7.81. The van der Waals surface area contributed by atoms with Crippen molar-refractivity contribution in [3.05, 3.63) is 0 Å². The quantitative estimate of drug-likeness (QED) is 0.577. The van der Waals surface area contributed by atoms with E-state index in [4.69, 9.17) is 5.11 Å². The van der Waals surface area contributed by atoms with Crippen LogP contribution < -0.4 is 0 Å². The van der Waals surface area contributed by atoms with E-state index in [1.54, 1.807) is 0 Å². The topological polar surface area (TPSA) is 37.3 Å². The molecule has 3 heteroatoms. The number of hydrogen-bond acceptors (Lipinski definition) is 2. The van der Waals surface area contributed by atoms with Crippen molar-refractivity contribution >= 4 is 18.6 Å². The minimum atomic E-state index is -0.877. The molecule has 1 saturated carbocycles. The van der Waals surface area contributed by atoms with Gasteiger partial charge in [-0.2, -0.15) is 12.6 Å². The lowest BCUT2D eigenvalue weighted by Crippen LogP contribution is -2.06. The molecule has 60 valence electrons. The Bertz CT molecular complexity index is 108. The second-order valence-electron chi connectivity index (χ2n) is 2.70. The molecule has 1 aliphatic rings. The highest BCUT2D eigenvalue weighted by atomic mass is 32.1. The van der Waals surface area contributed by atoms with Crippen LogP contribution in [0.2, 0.25) is 0 Å². The van der Waals surface area contributed by atoms with E-state index >= 15 is 0 Å². The summed E-state index contributed by atoms with van der Waals surface area (Å²) in [5.74, 6) is 0.207. The zero-order chi connectivity index (χ0) is 8.15. The summed E-state index contributed by atoms with van der Waals surface area (Å²) >= 11 is 3.59. The minimum Gasteiger partial charge on any atom is -0.480 e. The molecular weight excluding hydrogens is 148 g/mol. The Balaban J connectivity index is 0.000000172. The molecule has 0 aromatic rings. The van der Waals surface area contributed by atoms with Crippen molar-refractivity contribution in [3.8, 4) is 0 Å². The second kappa shape index (κ2) is 4.61. The van der Waals surface area contributed by atoms with Crippen molar-refractivity contribution in [2.24, 2.45) is 5.92 Å². The van der Waals surface area contributed by atoms with Crippen molar-refractivity contribution in [2.45, 2.75) is 31.9 Å². The third-order valence-corrected chi connectivity index (χ3v) is 1.44. The Labute approximate surface area is 67.0 Å². The summed E-state index contributed by atoms with van der Waals surface area (Å²) in [6, 6.07) is 0. The Morgan fingerprint density at radius 3 is 1.90 bits per heavy atom. The lowest BCUT2D eigenvalue weighted by atomic mass is 10.5. The van der Waals surface area contributed by atoms with Gasteiger partial charge in [-0.25, -0.2) is 0 Å². The molecule has 0 saturated heterocycles. The summed E-state index contributed by atoms with van der Waals surface area (Å²) in [7, 11) is 0. The summed E-state index contributed by atoms with van der Waals surface area (Å²) in [5, 5.41) is 7.38. The summed E-state index contributed by atoms with van der Waals surface area (Å²) in [6.45, 7) is 3.78. The van der Waals surface area contributed by atoms with Gasteiger partial charge >= 0.3 is 5.97 Å². The SMILES string of the molecule is CC(S)C(=O)O.CC1CC1. The minimum absolute atomic E-state index is 0.537. The molecule has 1 unspecified atom stereocenters. The zero-order valence-electron chi connectivity index (χ0n) is 6.37. The van der Waals surface area contributed by atoms with E-state index in [9.17, 15) is 4.79 Å². The van der Waals surface area contributed by atoms with Crippen molar-refractivity contribution < 1.29 is 9.90 Å². The molecule has 1 fully saturated rings. The van der Waals surface area contributed by atoms with Gasteiger partial charge in [-0.1, -0.05) is 19.8 Å². The van der Waals surface area contributed by atoms with Crippen LogP contribution in [0, 0.1) is 5.92 Å². The van der Waals surface area contributed by atoms with Crippen LogP contribution in [0.25, 0.3) is 0 Å². The van der Waals surface area contributed by atoms with Crippen LogP contribution in [-0.4, -0.2) is 16.3 Å². The van der Waals surface area contributed by atoms with E-state index in [2.05, 4.69) is 19.6 Å². The normalized spacial score (nSPS) is 18.7. The molecule has 1 N–H and O–H groups in total. The molecule has 10 heavy (non-hydrogen) atoms. The molecule has 0 amide bonds. The largest absolute Gasteiger partial charge is 0.480 e. The van der Waals surface area contributed by atoms with Gasteiger partial charge in [-0.15, -0.1) is 0 Å². The second-order valence-corrected chi connectivity index (χ2v) is 3.47. The first-order valence-electron chi connectivity index (χ1n) is 3.45. The van der Waals surface area contributed by atoms with Gasteiger partial charge in [0.05, 0.1) is 5.25 Å². The number of carbonyl (C=O) groups is 1. The van der Waals surface area contributed by atoms with Crippen molar-refractivity contribution in [3.63, 3.8) is 0 Å². The number of aliphatic carboxylic acids is 1. The van der Waals surface area contributed by atoms with E-state index < -0.39 is 11.2 Å². The number of thiol groups is 1. The lowest BCUT2D eigenvalue weighted by Gasteiger charge is -1.88. The average Bonchev–Trinajstić information content (AvgIpc) is 2.52. The molecule has 0 aliphatic heterocycles. The van der Waals surface area contributed by atoms with Gasteiger partial charge in [-0.3, -0.25) is 4.79 Å². The molecule has 0 spiro atoms. The Hall–Kier alpha value is -0.180. The van der Waals surface area contributed by atoms with Crippen molar-refractivity contribution in [2.75, 3.05) is 0 Å². The van der Waals surface area contributed by atoms with Crippen LogP contribution in [0.4, 0.5) is 0 Å². The summed E-state index contributed by atoms with van der Waals surface area (Å²) in [5.41, 5.74) is 0. The maximum absolute atomic E-state index is 9.62. The van der Waals surface area contributed by atoms with E-state index in [1.807, 2.05) is 0 Å². The molecule has 1 atom stereocenters. The van der Waals surface area contributed by atoms with Crippen LogP contribution in [-0.2, 0) is 4.79 Å². The molecule has 2 nitrogen and oxygen atoms in total. The van der Waals surface area contributed by atoms with Crippen LogP contribution in [0.1, 0.15) is 26.7 Å². The first-order valence-corrected chi connectivity index (χ1v) is 3.96. The van der Waals surface area contributed by atoms with E-state index in [-0.39, 0.29) is 0 Å². The van der Waals surface area contributed by atoms with Gasteiger partial charge in [0.1, 0.15) is 0 Å². The Morgan fingerprint density at radius 1 is 1.70 bits per heavy atom. The maximum atomic E-state index is 9.62. The molecule has 1 aliphatic carbocycles. The fraction of sp³-hybridized carbons (Fsp3) is 0.857. The lowest BCUT2D eigenvalue weighted by molar-refractivity contribution is -0.136. The Morgan fingerprint density at radius 2 is 1.90 bits per heavy atom. The standard InChI is InChI=1S/C4H8.C3H6O2S/c1-4-2-3-4;1-2(6)3(4)5/h4H,2-3H2,1H3;2,6H,1H3,(H,4,5). The first-order chi connectivity index (χ1) is 4.54. The smallest absolute Gasteiger partial charge is 0.316 e. The summed E-state index contributed by atoms with van der Waals surface area (Å²) < 4.78 is 0. The molecule has 0 radical (unpaired) electrons. The fourth-order valence-corrected chi connectivity index (χ4v) is 0.167. The van der Waals surface area contributed by atoms with Crippen molar-refractivity contribution in [1.82, 2.24) is 0 Å². The molecule has 0 heterocycles. The van der Waals surface area contributed by atoms with E-state index in [1.165, 1.54) is 19.8 Å². The zero-order valence-corrected chi connectivity index (χ0v) is 7.27. The highest BCUT2D eigenvalue weighted by Crippen LogP contribution is 2.26. The number of carboxylic acid groups (broad SMARTS) is 1. The van der Waals surface area contributed by atoms with Gasteiger partial charge < -0.3 is 5.11 Å². The molecular formula is C7H14O2S. The maximum Gasteiger partial charge on any atom is 0.316 e. The summed E-state index contributed by atoms with van der Waals surface area (Å²) in [6.07, 6.45) is 2.97. The number of carboxylic acids is 1. The first kappa shape index (κ1) is 9.82. The van der Waals surface area contributed by atoms with Gasteiger partial charge in [0.15, 0.2) is 0 Å². The number of rotatable bonds is 1. The number of hydrogen-bond donors (Lipinski definition) is 2. The third-order valence-electron chi connectivity index (χ3n) is 1.22. The third kappa shape index (κ3) is 7.82. The van der Waals surface area contributed by atoms with Crippen molar-refractivity contribution in [1.29, 1.82) is 0 Å². The van der Waals surface area contributed by atoms with Gasteiger partial charge in [-0.05, 0) is 12.8 Å². The molecule has 0 aromatic carbocycles. The van der Waals surface area contributed by atoms with Crippen LogP contribution in [0.3, 0.4) is 0 Å². The fourth-order valence-electron chi connectivity index (χ4n) is 0.167. The van der Waals surface area contributed by atoms with Gasteiger partial charge in [0, 0.05) is 0 Å². The van der Waals surface area contributed by atoms with E-state index in [0.717, 1.165) is 5.92 Å². The van der Waals surface area contributed by atoms with Crippen LogP contribution >= 0.6 is 12.6 Å². The predicted octanol–water partition coefficient (Wildman–Crippen LogP) is 1.81. The van der Waals surface area contributed by atoms with Gasteiger partial charge in [0.25, 0.3) is 0 Å². The average molecular weight is 162 g/mol. The van der Waals surface area contributed by atoms with E-state index in [0.29, 0.717) is 0 Å². The van der Waals surface area contributed by atoms with Crippen LogP contribution in [0.5, 0.6) is 0 Å². The molecule has 0 bridgehead atoms. The molecule has 0 aromatic heterocycles. The van der Waals surface area contributed by atoms with Gasteiger partial charge in [0.2, 0.25) is 0 Å². The molecule has 1 rings (SSSR count). The monoisotopic (exact) mass is 162 g/mol. The summed E-state index contributed by atoms with van der Waals surface area (Å²) in [4.78, 5) is 9.62. The van der Waals surface area contributed by atoms with Crippen LogP contribution in [0.15, 0.2) is 0 Å². The Kier molecular flexibility index (Phi) is 4.52. The highest BCUT2D eigenvalue weighted by Gasteiger charge is 2.12. The predicted molar refractivity (Wildman–Crippen MR) is 44.5 cm³/mol.